The van der Waals surface area contributed by atoms with Gasteiger partial charge < -0.3 is 38.1 Å². The van der Waals surface area contributed by atoms with E-state index in [1.165, 1.54) is 0 Å². The van der Waals surface area contributed by atoms with Crippen LogP contribution in [0.25, 0.3) is 11.0 Å². The summed E-state index contributed by atoms with van der Waals surface area (Å²) in [6.45, 7) is 1.88. The zero-order chi connectivity index (χ0) is 43.4. The molecular formula is C41H39ClN14O4S. The Bertz CT molecular complexity index is 2810. The molecule has 3 aliphatic rings. The number of hydrogen-bond donors (Lipinski definition) is 7. The highest BCUT2D eigenvalue weighted by Gasteiger charge is 2.41. The topological polar surface area (TPSA) is 301 Å². The van der Waals surface area contributed by atoms with Crippen LogP contribution in [0.2, 0.25) is 5.28 Å². The third-order valence-electron chi connectivity index (χ3n) is 9.71. The number of aromatic amines is 1. The molecule has 3 aromatic heterocycles. The van der Waals surface area contributed by atoms with Crippen molar-refractivity contribution in [3.63, 3.8) is 0 Å². The molecule has 0 radical (unpaired) electrons. The second-order valence-electron chi connectivity index (χ2n) is 14.4. The van der Waals surface area contributed by atoms with Gasteiger partial charge in [0.1, 0.15) is 23.4 Å². The van der Waals surface area contributed by atoms with Crippen LogP contribution in [-0.2, 0) is 10.0 Å². The lowest BCUT2D eigenvalue weighted by molar-refractivity contribution is 0.0992. The Kier molecular flexibility index (Phi) is 11.9. The second kappa shape index (κ2) is 17.4. The van der Waals surface area contributed by atoms with Crippen LogP contribution in [0.3, 0.4) is 0 Å². The van der Waals surface area contributed by atoms with Gasteiger partial charge in [0.2, 0.25) is 23.0 Å². The van der Waals surface area contributed by atoms with Crippen molar-refractivity contribution in [1.82, 2.24) is 24.9 Å². The number of rotatable bonds is 10. The van der Waals surface area contributed by atoms with Gasteiger partial charge >= 0.3 is 0 Å². The van der Waals surface area contributed by atoms with E-state index in [4.69, 9.17) is 28.8 Å². The minimum Gasteiger partial charge on any atom is -0.399 e. The molecule has 310 valence electrons. The zero-order valence-corrected chi connectivity index (χ0v) is 34.1. The van der Waals surface area contributed by atoms with Gasteiger partial charge in [-0.3, -0.25) is 9.59 Å². The van der Waals surface area contributed by atoms with Gasteiger partial charge in [-0.25, -0.2) is 17.7 Å². The molecule has 9 rings (SSSR count). The number of amides is 2. The number of hydrogen-bond acceptors (Lipinski definition) is 14. The predicted octanol–water partition coefficient (Wildman–Crippen LogP) is 5.44. The summed E-state index contributed by atoms with van der Waals surface area (Å²) in [5, 5.41) is 29.2. The molecule has 20 heteroatoms. The first-order valence-corrected chi connectivity index (χ1v) is 20.8. The maximum Gasteiger partial charge on any atom is 0.265 e. The summed E-state index contributed by atoms with van der Waals surface area (Å²) >= 11 is 6.04. The van der Waals surface area contributed by atoms with Crippen LogP contribution in [0.1, 0.15) is 69.0 Å². The minimum atomic E-state index is -3.85. The summed E-state index contributed by atoms with van der Waals surface area (Å²) in [5.41, 5.74) is 20.4. The Morgan fingerprint density at radius 2 is 1.43 bits per heavy atom. The van der Waals surface area contributed by atoms with Crippen molar-refractivity contribution in [3.8, 4) is 12.1 Å². The average Bonchev–Trinajstić information content (AvgIpc) is 4.16. The third kappa shape index (κ3) is 9.71. The fourth-order valence-electron chi connectivity index (χ4n) is 6.17. The molecule has 1 unspecified atom stereocenters. The van der Waals surface area contributed by atoms with E-state index < -0.39 is 27.8 Å². The SMILES string of the molecule is Cc1ccc(S(=O)(=O)N2CC(C#N)c3c(NC4CC4)nc(Cl)nc32)cc1.N#Cc1c[nH]c2nc(Nc3ccc(C(N)=O)cc3)nc(NC3CC3)c12.NC(=O)c1ccc(N)cc1. The molecule has 61 heavy (non-hydrogen) atoms. The summed E-state index contributed by atoms with van der Waals surface area (Å²) in [5.74, 6) is 0.116. The molecule has 1 atom stereocenters. The van der Waals surface area contributed by atoms with Gasteiger partial charge in [0.05, 0.1) is 39.9 Å². The fraction of sp³-hybridized carbons (Fsp3) is 0.220. The van der Waals surface area contributed by atoms with Crippen LogP contribution in [0, 0.1) is 29.6 Å². The number of sulfonamides is 1. The largest absolute Gasteiger partial charge is 0.399 e. The molecule has 6 aromatic rings. The molecule has 4 heterocycles. The number of aromatic nitrogens is 5. The van der Waals surface area contributed by atoms with Gasteiger partial charge in [-0.1, -0.05) is 17.7 Å². The number of primary amides is 2. The molecule has 2 amide bonds. The number of nitrogens with zero attached hydrogens (tertiary/aromatic N) is 7. The van der Waals surface area contributed by atoms with Crippen molar-refractivity contribution in [3.05, 3.63) is 112 Å². The Morgan fingerprint density at radius 3 is 1.98 bits per heavy atom. The molecule has 2 aliphatic carbocycles. The van der Waals surface area contributed by atoms with E-state index in [0.29, 0.717) is 62.6 Å². The number of anilines is 6. The van der Waals surface area contributed by atoms with Gasteiger partial charge in [-0.2, -0.15) is 25.5 Å². The number of nitrogens with two attached hydrogens (primary N) is 3. The second-order valence-corrected chi connectivity index (χ2v) is 16.6. The standard InChI is InChI=1S/C17H16ClN5O2S.C17H15N7O.C7H8N2O/c1-10-2-6-13(7-3-10)26(24,25)23-9-11(8-19)14-15(20-12-4-5-12)21-17(18)22-16(14)23;18-7-10-8-20-15-13(10)16(21-11-5-6-11)24-17(23-15)22-12-3-1-9(2-4-12)14(19)25;8-6-3-1-5(2-4-6)7(9)10/h2-3,6-7,11-12H,4-5,9H2,1H3,(H,20,21,22);1-4,8,11H,5-6H2,(H2,19,25)(H3,20,21,22,23,24);1-4H,8H2,(H2,9,10). The number of halogens is 1. The molecule has 1 aliphatic heterocycles. The molecule has 0 spiro atoms. The van der Waals surface area contributed by atoms with Gasteiger partial charge in [0.15, 0.2) is 5.82 Å². The van der Waals surface area contributed by atoms with Crippen LogP contribution >= 0.6 is 11.6 Å². The average molecular weight is 859 g/mol. The van der Waals surface area contributed by atoms with Crippen molar-refractivity contribution in [1.29, 1.82) is 10.5 Å². The molecule has 2 fully saturated rings. The van der Waals surface area contributed by atoms with Crippen LogP contribution < -0.4 is 37.5 Å². The van der Waals surface area contributed by atoms with Crippen LogP contribution in [0.5, 0.6) is 0 Å². The predicted molar refractivity (Wildman–Crippen MR) is 231 cm³/mol. The normalized spacial score (nSPS) is 15.1. The summed E-state index contributed by atoms with van der Waals surface area (Å²) in [4.78, 5) is 42.1. The number of benzene rings is 3. The third-order valence-corrected chi connectivity index (χ3v) is 11.6. The van der Waals surface area contributed by atoms with Gasteiger partial charge in [0.25, 0.3) is 10.0 Å². The number of carbonyl (C=O) groups excluding carboxylic acids is 2. The number of nitriles is 2. The van der Waals surface area contributed by atoms with Gasteiger partial charge in [-0.05, 0) is 105 Å². The van der Waals surface area contributed by atoms with E-state index >= 15 is 0 Å². The van der Waals surface area contributed by atoms with E-state index in [1.807, 2.05) is 6.92 Å². The summed E-state index contributed by atoms with van der Waals surface area (Å²) in [6, 6.07) is 24.8. The first-order valence-electron chi connectivity index (χ1n) is 18.9. The van der Waals surface area contributed by atoms with Crippen LogP contribution in [0.15, 0.2) is 83.9 Å². The Balaban J connectivity index is 0.000000151. The highest BCUT2D eigenvalue weighted by Crippen LogP contribution is 2.43. The van der Waals surface area contributed by atoms with E-state index in [0.717, 1.165) is 41.2 Å². The summed E-state index contributed by atoms with van der Waals surface area (Å²) in [6.07, 6.45) is 5.84. The van der Waals surface area contributed by atoms with E-state index in [-0.39, 0.29) is 28.6 Å². The first-order chi connectivity index (χ1) is 29.2. The lowest BCUT2D eigenvalue weighted by Crippen LogP contribution is -2.30. The van der Waals surface area contributed by atoms with E-state index in [9.17, 15) is 28.5 Å². The molecule has 18 nitrogen and oxygen atoms in total. The van der Waals surface area contributed by atoms with Crippen molar-refractivity contribution < 1.29 is 18.0 Å². The molecule has 10 N–H and O–H groups in total. The lowest BCUT2D eigenvalue weighted by Gasteiger charge is -2.19. The van der Waals surface area contributed by atoms with Crippen molar-refractivity contribution in [2.75, 3.05) is 32.5 Å². The number of aryl methyl sites for hydroxylation is 1. The highest BCUT2D eigenvalue weighted by molar-refractivity contribution is 7.92. The summed E-state index contributed by atoms with van der Waals surface area (Å²) < 4.78 is 27.4. The maximum absolute atomic E-state index is 13.1. The number of nitrogen functional groups attached to an aromatic ring is 1. The lowest BCUT2D eigenvalue weighted by atomic mass is 10.1. The quantitative estimate of drug-likeness (QED) is 0.0667. The Hall–Kier alpha value is -7.48. The Morgan fingerprint density at radius 1 is 0.836 bits per heavy atom. The maximum atomic E-state index is 13.1. The number of carbonyl (C=O) groups is 2. The summed E-state index contributed by atoms with van der Waals surface area (Å²) in [7, 11) is -3.85. The monoisotopic (exact) mass is 858 g/mol. The number of fused-ring (bicyclic) bond motifs is 2. The number of H-pyrrole nitrogens is 1. The van der Waals surface area contributed by atoms with Gasteiger partial charge in [0, 0.05) is 40.8 Å². The smallest absolute Gasteiger partial charge is 0.265 e. The Labute approximate surface area is 355 Å². The van der Waals surface area contributed by atoms with Crippen molar-refractivity contribution >= 4 is 79.2 Å². The number of nitrogens with one attached hydrogen (secondary N) is 4. The highest BCUT2D eigenvalue weighted by atomic mass is 35.5. The van der Waals surface area contributed by atoms with Gasteiger partial charge in [-0.15, -0.1) is 0 Å². The fourth-order valence-corrected chi connectivity index (χ4v) is 7.78. The van der Waals surface area contributed by atoms with Crippen LogP contribution in [-0.4, -0.2) is 63.8 Å². The van der Waals surface area contributed by atoms with E-state index in [2.05, 4.69) is 53.0 Å². The first kappa shape index (κ1) is 41.7. The van der Waals surface area contributed by atoms with Crippen molar-refractivity contribution in [2.24, 2.45) is 11.5 Å². The zero-order valence-electron chi connectivity index (χ0n) is 32.6. The molecule has 2 saturated carbocycles. The van der Waals surface area contributed by atoms with Crippen molar-refractivity contribution in [2.45, 2.75) is 55.5 Å². The molecular weight excluding hydrogens is 820 g/mol. The molecule has 3 aromatic carbocycles. The molecule has 0 saturated heterocycles. The van der Waals surface area contributed by atoms with E-state index in [1.54, 1.807) is 79.0 Å². The van der Waals surface area contributed by atoms with Crippen LogP contribution in [0.4, 0.5) is 34.8 Å². The molecule has 0 bridgehead atoms. The minimum absolute atomic E-state index is 0.00356.